The fourth-order valence-corrected chi connectivity index (χ4v) is 2.12. The van der Waals surface area contributed by atoms with Gasteiger partial charge in [0, 0.05) is 11.1 Å². The van der Waals surface area contributed by atoms with Crippen molar-refractivity contribution >= 4 is 23.5 Å². The highest BCUT2D eigenvalue weighted by Gasteiger charge is 2.19. The number of amides is 3. The van der Waals surface area contributed by atoms with Crippen LogP contribution in [0.15, 0.2) is 71.0 Å². The fourth-order valence-electron chi connectivity index (χ4n) is 2.12. The standard InChI is InChI=1S/C20H22N4O4/c1-3-27-23-17(15-11-7-5-8-12-15)19(25)22-20(26)21-18(24-28-4-2)16-13-9-6-10-14-16/h5-14H,3-4H2,1-2H3,(H2,21,22,24,25,26). The summed E-state index contributed by atoms with van der Waals surface area (Å²) in [5.74, 6) is -0.531. The number of hydrogen-bond donors (Lipinski definition) is 2. The third-order valence-electron chi connectivity index (χ3n) is 3.34. The van der Waals surface area contributed by atoms with Crippen LogP contribution in [-0.2, 0) is 14.5 Å². The summed E-state index contributed by atoms with van der Waals surface area (Å²) in [6.07, 6.45) is 0. The van der Waals surface area contributed by atoms with Gasteiger partial charge in [0.25, 0.3) is 5.91 Å². The largest absolute Gasteiger partial charge is 0.395 e. The third-order valence-corrected chi connectivity index (χ3v) is 3.34. The summed E-state index contributed by atoms with van der Waals surface area (Å²) in [6.45, 7) is 4.13. The molecule has 3 amide bonds. The number of urea groups is 1. The number of nitrogens with one attached hydrogen (secondary N) is 2. The van der Waals surface area contributed by atoms with Crippen molar-refractivity contribution in [1.82, 2.24) is 10.6 Å². The minimum absolute atomic E-state index is 0.0133. The van der Waals surface area contributed by atoms with E-state index in [2.05, 4.69) is 20.9 Å². The van der Waals surface area contributed by atoms with Crippen molar-refractivity contribution in [2.45, 2.75) is 13.8 Å². The van der Waals surface area contributed by atoms with Gasteiger partial charge in [-0.05, 0) is 13.8 Å². The second-order valence-electron chi connectivity index (χ2n) is 5.36. The van der Waals surface area contributed by atoms with Gasteiger partial charge in [0.2, 0.25) is 0 Å². The van der Waals surface area contributed by atoms with E-state index in [9.17, 15) is 9.59 Å². The lowest BCUT2D eigenvalue weighted by molar-refractivity contribution is -0.113. The summed E-state index contributed by atoms with van der Waals surface area (Å²) < 4.78 is 0. The van der Waals surface area contributed by atoms with Crippen LogP contribution in [0.25, 0.3) is 0 Å². The smallest absolute Gasteiger partial charge is 0.327 e. The minimum Gasteiger partial charge on any atom is -0.395 e. The van der Waals surface area contributed by atoms with Crippen LogP contribution in [0.1, 0.15) is 25.0 Å². The van der Waals surface area contributed by atoms with Crippen LogP contribution < -0.4 is 10.6 Å². The van der Waals surface area contributed by atoms with Gasteiger partial charge in [-0.3, -0.25) is 15.4 Å². The summed E-state index contributed by atoms with van der Waals surface area (Å²) in [7, 11) is 0. The van der Waals surface area contributed by atoms with E-state index in [4.69, 9.17) is 9.68 Å². The quantitative estimate of drug-likeness (QED) is 0.437. The van der Waals surface area contributed by atoms with Gasteiger partial charge in [-0.15, -0.1) is 0 Å². The molecule has 0 spiro atoms. The van der Waals surface area contributed by atoms with E-state index >= 15 is 0 Å². The first-order chi connectivity index (χ1) is 13.7. The van der Waals surface area contributed by atoms with Crippen LogP contribution in [0.3, 0.4) is 0 Å². The Morgan fingerprint density at radius 2 is 1.32 bits per heavy atom. The maximum absolute atomic E-state index is 12.5. The molecule has 0 fully saturated rings. The summed E-state index contributed by atoms with van der Waals surface area (Å²) in [6, 6.07) is 16.9. The topological polar surface area (TPSA) is 101 Å². The molecule has 2 aromatic rings. The zero-order valence-electron chi connectivity index (χ0n) is 15.7. The first-order valence-corrected chi connectivity index (χ1v) is 8.78. The molecule has 0 bridgehead atoms. The molecule has 28 heavy (non-hydrogen) atoms. The Balaban J connectivity index is 2.13. The van der Waals surface area contributed by atoms with Crippen LogP contribution in [0.2, 0.25) is 0 Å². The molecule has 0 atom stereocenters. The predicted octanol–water partition coefficient (Wildman–Crippen LogP) is 2.65. The van der Waals surface area contributed by atoms with E-state index in [-0.39, 0.29) is 18.2 Å². The lowest BCUT2D eigenvalue weighted by Crippen LogP contribution is -2.45. The number of rotatable bonds is 7. The number of imide groups is 1. The maximum atomic E-state index is 12.5. The van der Waals surface area contributed by atoms with Crippen LogP contribution in [0, 0.1) is 0 Å². The van der Waals surface area contributed by atoms with E-state index in [1.165, 1.54) is 0 Å². The summed E-state index contributed by atoms with van der Waals surface area (Å²) in [4.78, 5) is 34.9. The monoisotopic (exact) mass is 382 g/mol. The lowest BCUT2D eigenvalue weighted by Gasteiger charge is -2.10. The molecule has 0 unspecified atom stereocenters. The Morgan fingerprint density at radius 3 is 1.89 bits per heavy atom. The Morgan fingerprint density at radius 1 is 0.786 bits per heavy atom. The average Bonchev–Trinajstić information content (AvgIpc) is 2.72. The zero-order valence-corrected chi connectivity index (χ0v) is 15.7. The molecule has 146 valence electrons. The van der Waals surface area contributed by atoms with E-state index in [0.717, 1.165) is 0 Å². The van der Waals surface area contributed by atoms with Gasteiger partial charge in [0.05, 0.1) is 0 Å². The van der Waals surface area contributed by atoms with E-state index in [1.54, 1.807) is 62.4 Å². The van der Waals surface area contributed by atoms with Crippen LogP contribution >= 0.6 is 0 Å². The lowest BCUT2D eigenvalue weighted by atomic mass is 10.1. The Hall–Kier alpha value is -3.68. The van der Waals surface area contributed by atoms with Gasteiger partial charge in [0.15, 0.2) is 11.5 Å². The van der Waals surface area contributed by atoms with Crippen molar-refractivity contribution in [1.29, 1.82) is 0 Å². The molecule has 0 saturated heterocycles. The molecular weight excluding hydrogens is 360 g/mol. The van der Waals surface area contributed by atoms with Crippen LogP contribution in [-0.4, -0.2) is 36.7 Å². The van der Waals surface area contributed by atoms with Gasteiger partial charge >= 0.3 is 6.03 Å². The second kappa shape index (κ2) is 11.1. The average molecular weight is 382 g/mol. The Kier molecular flexibility index (Phi) is 8.19. The summed E-state index contributed by atoms with van der Waals surface area (Å²) in [5.41, 5.74) is 1.14. The molecule has 8 nitrogen and oxygen atoms in total. The number of carbonyl (C=O) groups is 2. The molecule has 8 heteroatoms. The van der Waals surface area contributed by atoms with Crippen molar-refractivity contribution in [2.75, 3.05) is 13.2 Å². The number of benzene rings is 2. The first-order valence-electron chi connectivity index (χ1n) is 8.78. The molecule has 0 aliphatic carbocycles. The van der Waals surface area contributed by atoms with Gasteiger partial charge in [-0.2, -0.15) is 0 Å². The minimum atomic E-state index is -0.771. The van der Waals surface area contributed by atoms with Gasteiger partial charge in [-0.1, -0.05) is 71.0 Å². The SMILES string of the molecule is CCON=C(C(=O)NC(=O)N/C(=N/OCC)c1ccccc1)c1ccccc1. The number of amidine groups is 1. The highest BCUT2D eigenvalue weighted by Crippen LogP contribution is 2.03. The van der Waals surface area contributed by atoms with Crippen molar-refractivity contribution in [3.8, 4) is 0 Å². The highest BCUT2D eigenvalue weighted by molar-refractivity contribution is 6.47. The van der Waals surface area contributed by atoms with Crippen molar-refractivity contribution in [3.63, 3.8) is 0 Å². The van der Waals surface area contributed by atoms with Gasteiger partial charge in [0.1, 0.15) is 13.2 Å². The molecule has 2 N–H and O–H groups in total. The predicted molar refractivity (Wildman–Crippen MR) is 106 cm³/mol. The molecule has 2 aromatic carbocycles. The van der Waals surface area contributed by atoms with Crippen LogP contribution in [0.4, 0.5) is 4.79 Å². The third kappa shape index (κ3) is 6.24. The number of oxime groups is 2. The van der Waals surface area contributed by atoms with Gasteiger partial charge in [-0.25, -0.2) is 4.79 Å². The zero-order chi connectivity index (χ0) is 20.2. The van der Waals surface area contributed by atoms with Crippen molar-refractivity contribution < 1.29 is 19.3 Å². The second-order valence-corrected chi connectivity index (χ2v) is 5.36. The molecule has 2 rings (SSSR count). The number of hydrogen-bond acceptors (Lipinski definition) is 6. The number of carbonyl (C=O) groups excluding carboxylic acids is 2. The maximum Gasteiger partial charge on any atom is 0.327 e. The highest BCUT2D eigenvalue weighted by atomic mass is 16.6. The van der Waals surface area contributed by atoms with Crippen molar-refractivity contribution in [2.24, 2.45) is 10.3 Å². The van der Waals surface area contributed by atoms with E-state index in [1.807, 2.05) is 12.1 Å². The van der Waals surface area contributed by atoms with E-state index in [0.29, 0.717) is 17.7 Å². The molecule has 0 aromatic heterocycles. The number of nitrogens with zero attached hydrogens (tertiary/aromatic N) is 2. The molecule has 0 aliphatic heterocycles. The molecular formula is C20H22N4O4. The summed E-state index contributed by atoms with van der Waals surface area (Å²) >= 11 is 0. The summed E-state index contributed by atoms with van der Waals surface area (Å²) in [5, 5.41) is 12.5. The molecule has 0 saturated carbocycles. The fraction of sp³-hybridized carbons (Fsp3) is 0.200. The first kappa shape index (κ1) is 20.6. The molecule has 0 radical (unpaired) electrons. The molecule has 0 heterocycles. The molecule has 0 aliphatic rings. The van der Waals surface area contributed by atoms with E-state index < -0.39 is 11.9 Å². The van der Waals surface area contributed by atoms with Gasteiger partial charge < -0.3 is 9.68 Å². The van der Waals surface area contributed by atoms with Crippen LogP contribution in [0.5, 0.6) is 0 Å². The Bertz CT molecular complexity index is 836. The Labute approximate surface area is 163 Å². The van der Waals surface area contributed by atoms with Crippen molar-refractivity contribution in [3.05, 3.63) is 71.8 Å². The normalized spacial score (nSPS) is 11.5.